The Kier molecular flexibility index (Phi) is 3.73. The summed E-state index contributed by atoms with van der Waals surface area (Å²) in [6, 6.07) is 8.81. The molecule has 0 saturated carbocycles. The molecule has 5 heteroatoms. The van der Waals surface area contributed by atoms with Gasteiger partial charge in [-0.15, -0.1) is 0 Å². The number of ether oxygens (including phenoxy) is 1. The SMILES string of the molecule is C[N+]1([O-])C2CCC1CC(OC(=O)C(O)c1ccccc1)C2. The molecule has 2 bridgehead atoms. The Morgan fingerprint density at radius 2 is 1.86 bits per heavy atom. The second-order valence-electron chi connectivity index (χ2n) is 6.29. The monoisotopic (exact) mass is 291 g/mol. The molecule has 0 spiro atoms. The molecule has 3 rings (SSSR count). The Labute approximate surface area is 124 Å². The quantitative estimate of drug-likeness (QED) is 0.524. The second-order valence-corrected chi connectivity index (χ2v) is 6.29. The van der Waals surface area contributed by atoms with Crippen LogP contribution in [0.15, 0.2) is 30.3 Å². The number of esters is 1. The maximum atomic E-state index is 12.4. The van der Waals surface area contributed by atoms with Gasteiger partial charge < -0.3 is 19.7 Å². The Balaban J connectivity index is 1.62. The zero-order valence-corrected chi connectivity index (χ0v) is 12.1. The fourth-order valence-corrected chi connectivity index (χ4v) is 3.65. The van der Waals surface area contributed by atoms with Crippen LogP contribution in [-0.2, 0) is 9.53 Å². The molecule has 2 aliphatic rings. The third-order valence-corrected chi connectivity index (χ3v) is 4.97. The predicted molar refractivity (Wildman–Crippen MR) is 76.9 cm³/mol. The number of aliphatic hydroxyl groups is 1. The van der Waals surface area contributed by atoms with E-state index in [9.17, 15) is 15.1 Å². The van der Waals surface area contributed by atoms with Crippen molar-refractivity contribution < 1.29 is 19.3 Å². The molecule has 0 radical (unpaired) electrons. The Morgan fingerprint density at radius 1 is 1.29 bits per heavy atom. The Bertz CT molecular complexity index is 500. The molecule has 2 heterocycles. The summed E-state index contributed by atoms with van der Waals surface area (Å²) in [5.41, 5.74) is 0.533. The molecule has 1 N–H and O–H groups in total. The molecule has 2 saturated heterocycles. The van der Waals surface area contributed by atoms with Gasteiger partial charge in [-0.05, 0) is 5.56 Å². The number of rotatable bonds is 3. The van der Waals surface area contributed by atoms with Gasteiger partial charge in [-0.25, -0.2) is 4.79 Å². The molecule has 3 unspecified atom stereocenters. The first kappa shape index (κ1) is 14.5. The molecular formula is C16H21NO4. The number of piperidine rings is 1. The van der Waals surface area contributed by atoms with Crippen molar-refractivity contribution in [3.63, 3.8) is 0 Å². The number of hydrogen-bond donors (Lipinski definition) is 1. The highest BCUT2D eigenvalue weighted by molar-refractivity contribution is 5.76. The largest absolute Gasteiger partial charge is 0.633 e. The van der Waals surface area contributed by atoms with Crippen molar-refractivity contribution in [3.05, 3.63) is 41.1 Å². The van der Waals surface area contributed by atoms with Crippen molar-refractivity contribution in [2.24, 2.45) is 0 Å². The maximum Gasteiger partial charge on any atom is 0.339 e. The van der Waals surface area contributed by atoms with Crippen molar-refractivity contribution in [1.29, 1.82) is 0 Å². The summed E-state index contributed by atoms with van der Waals surface area (Å²) < 4.78 is 5.24. The normalized spacial score (nSPS) is 36.2. The number of quaternary nitrogens is 1. The molecular weight excluding hydrogens is 270 g/mol. The van der Waals surface area contributed by atoms with E-state index < -0.39 is 12.1 Å². The van der Waals surface area contributed by atoms with E-state index in [1.807, 2.05) is 6.07 Å². The van der Waals surface area contributed by atoms with Crippen LogP contribution in [-0.4, -0.2) is 41.0 Å². The lowest BCUT2D eigenvalue weighted by Gasteiger charge is -2.50. The van der Waals surface area contributed by atoms with Gasteiger partial charge in [0.1, 0.15) is 6.10 Å². The van der Waals surface area contributed by atoms with E-state index in [2.05, 4.69) is 0 Å². The van der Waals surface area contributed by atoms with Gasteiger partial charge in [-0.1, -0.05) is 30.3 Å². The van der Waals surface area contributed by atoms with Crippen LogP contribution in [0.4, 0.5) is 0 Å². The fraction of sp³-hybridized carbons (Fsp3) is 0.562. The summed E-state index contributed by atoms with van der Waals surface area (Å²) in [6.07, 6.45) is 1.51. The zero-order chi connectivity index (χ0) is 15.0. The van der Waals surface area contributed by atoms with E-state index in [1.54, 1.807) is 31.3 Å². The molecule has 2 fully saturated rings. The van der Waals surface area contributed by atoms with Gasteiger partial charge in [0.25, 0.3) is 0 Å². The standard InChI is InChI=1S/C16H21NO4/c1-17(20)12-7-8-13(17)10-14(9-12)21-16(19)15(18)11-5-3-2-4-6-11/h2-6,12-15,18H,7-10H2,1H3. The number of carbonyl (C=O) groups is 1. The van der Waals surface area contributed by atoms with Gasteiger partial charge in [0.15, 0.2) is 6.10 Å². The first-order chi connectivity index (χ1) is 9.98. The lowest BCUT2D eigenvalue weighted by molar-refractivity contribution is -0.903. The molecule has 2 aliphatic heterocycles. The van der Waals surface area contributed by atoms with Gasteiger partial charge in [0.05, 0.1) is 19.1 Å². The van der Waals surface area contributed by atoms with E-state index >= 15 is 0 Å². The first-order valence-electron chi connectivity index (χ1n) is 7.49. The van der Waals surface area contributed by atoms with Crippen molar-refractivity contribution in [1.82, 2.24) is 0 Å². The Morgan fingerprint density at radius 3 is 2.43 bits per heavy atom. The van der Waals surface area contributed by atoms with E-state index in [0.29, 0.717) is 18.4 Å². The number of aliphatic hydroxyl groups excluding tert-OH is 1. The van der Waals surface area contributed by atoms with Crippen LogP contribution in [0.3, 0.4) is 0 Å². The minimum absolute atomic E-state index is 0.0235. The number of hydroxylamine groups is 3. The van der Waals surface area contributed by atoms with Crippen LogP contribution in [0, 0.1) is 5.21 Å². The van der Waals surface area contributed by atoms with Gasteiger partial charge in [-0.3, -0.25) is 0 Å². The van der Waals surface area contributed by atoms with Crippen LogP contribution < -0.4 is 0 Å². The molecule has 0 aromatic heterocycles. The summed E-state index contributed by atoms with van der Waals surface area (Å²) in [5.74, 6) is -0.618. The Hall–Kier alpha value is -1.43. The van der Waals surface area contributed by atoms with Crippen LogP contribution >= 0.6 is 0 Å². The van der Waals surface area contributed by atoms with Gasteiger partial charge in [-0.2, -0.15) is 0 Å². The highest BCUT2D eigenvalue weighted by Gasteiger charge is 2.48. The zero-order valence-electron chi connectivity index (χ0n) is 12.1. The lowest BCUT2D eigenvalue weighted by Crippen LogP contribution is -2.55. The van der Waals surface area contributed by atoms with Crippen LogP contribution in [0.25, 0.3) is 0 Å². The van der Waals surface area contributed by atoms with Crippen molar-refractivity contribution in [2.45, 2.75) is 50.0 Å². The predicted octanol–water partition coefficient (Wildman–Crippen LogP) is 1.90. The van der Waals surface area contributed by atoms with Crippen molar-refractivity contribution in [2.75, 3.05) is 7.05 Å². The van der Waals surface area contributed by atoms with Crippen molar-refractivity contribution >= 4 is 5.97 Å². The molecule has 1 aromatic rings. The highest BCUT2D eigenvalue weighted by atomic mass is 16.6. The number of benzene rings is 1. The molecule has 21 heavy (non-hydrogen) atoms. The lowest BCUT2D eigenvalue weighted by atomic mass is 9.99. The molecule has 0 amide bonds. The van der Waals surface area contributed by atoms with E-state index in [0.717, 1.165) is 12.8 Å². The third kappa shape index (κ3) is 2.69. The van der Waals surface area contributed by atoms with Gasteiger partial charge >= 0.3 is 5.97 Å². The number of carbonyl (C=O) groups excluding carboxylic acids is 1. The molecule has 1 aromatic carbocycles. The molecule has 114 valence electrons. The van der Waals surface area contributed by atoms with E-state index in [4.69, 9.17) is 4.74 Å². The maximum absolute atomic E-state index is 12.4. The number of hydrogen-bond acceptors (Lipinski definition) is 4. The van der Waals surface area contributed by atoms with Gasteiger partial charge in [0.2, 0.25) is 0 Å². The summed E-state index contributed by atoms with van der Waals surface area (Å²) in [5, 5.41) is 22.4. The summed E-state index contributed by atoms with van der Waals surface area (Å²) in [6.45, 7) is 0. The topological polar surface area (TPSA) is 69.6 Å². The van der Waals surface area contributed by atoms with Gasteiger partial charge in [0, 0.05) is 25.7 Å². The van der Waals surface area contributed by atoms with Crippen LogP contribution in [0.1, 0.15) is 37.4 Å². The highest BCUT2D eigenvalue weighted by Crippen LogP contribution is 2.41. The van der Waals surface area contributed by atoms with Crippen molar-refractivity contribution in [3.8, 4) is 0 Å². The summed E-state index contributed by atoms with van der Waals surface area (Å²) in [7, 11) is 1.72. The average Bonchev–Trinajstić information content (AvgIpc) is 2.67. The molecule has 0 aliphatic carbocycles. The second kappa shape index (κ2) is 5.40. The first-order valence-corrected chi connectivity index (χ1v) is 7.49. The smallest absolute Gasteiger partial charge is 0.339 e. The van der Waals surface area contributed by atoms with E-state index in [-0.39, 0.29) is 22.8 Å². The van der Waals surface area contributed by atoms with E-state index in [1.165, 1.54) is 0 Å². The van der Waals surface area contributed by atoms with Crippen LogP contribution in [0.5, 0.6) is 0 Å². The molecule has 5 nitrogen and oxygen atoms in total. The minimum Gasteiger partial charge on any atom is -0.633 e. The third-order valence-electron chi connectivity index (χ3n) is 4.97. The minimum atomic E-state index is -1.25. The molecule has 3 atom stereocenters. The number of fused-ring (bicyclic) bond motifs is 2. The average molecular weight is 291 g/mol. The summed E-state index contributed by atoms with van der Waals surface area (Å²) in [4.78, 5) is 12.1. The van der Waals surface area contributed by atoms with Crippen LogP contribution in [0.2, 0.25) is 0 Å². The number of nitrogens with zero attached hydrogens (tertiary/aromatic N) is 1. The summed E-state index contributed by atoms with van der Waals surface area (Å²) >= 11 is 0. The fourth-order valence-electron chi connectivity index (χ4n) is 3.65.